The van der Waals surface area contributed by atoms with Gasteiger partial charge in [0.05, 0.1) is 0 Å². The van der Waals surface area contributed by atoms with Gasteiger partial charge in [0, 0.05) is 12.1 Å². The molecule has 1 fully saturated rings. The zero-order valence-electron chi connectivity index (χ0n) is 13.0. The second kappa shape index (κ2) is 8.47. The molecule has 3 heteroatoms. The highest BCUT2D eigenvalue weighted by atomic mass is 19.1. The Morgan fingerprint density at radius 1 is 1.14 bits per heavy atom. The van der Waals surface area contributed by atoms with Gasteiger partial charge in [-0.2, -0.15) is 0 Å². The van der Waals surface area contributed by atoms with Crippen molar-refractivity contribution in [2.75, 3.05) is 6.54 Å². The van der Waals surface area contributed by atoms with Crippen molar-refractivity contribution < 1.29 is 8.78 Å². The lowest BCUT2D eigenvalue weighted by Gasteiger charge is -2.27. The summed E-state index contributed by atoms with van der Waals surface area (Å²) >= 11 is 0. The molecule has 0 bridgehead atoms. The molecule has 21 heavy (non-hydrogen) atoms. The first-order valence-corrected chi connectivity index (χ1v) is 8.38. The summed E-state index contributed by atoms with van der Waals surface area (Å²) < 4.78 is 27.0. The molecule has 1 aromatic rings. The van der Waals surface area contributed by atoms with E-state index in [1.807, 2.05) is 0 Å². The van der Waals surface area contributed by atoms with E-state index >= 15 is 0 Å². The van der Waals surface area contributed by atoms with Crippen molar-refractivity contribution in [1.82, 2.24) is 5.32 Å². The van der Waals surface area contributed by atoms with Crippen LogP contribution in [0.4, 0.5) is 8.78 Å². The Kier molecular flexibility index (Phi) is 6.62. The van der Waals surface area contributed by atoms with Crippen LogP contribution in [0.15, 0.2) is 18.2 Å². The molecule has 0 heterocycles. The molecular formula is C18H27F2N. The number of benzene rings is 1. The van der Waals surface area contributed by atoms with Crippen LogP contribution in [0.5, 0.6) is 0 Å². The van der Waals surface area contributed by atoms with Crippen molar-refractivity contribution in [3.8, 4) is 0 Å². The fourth-order valence-corrected chi connectivity index (χ4v) is 3.37. The zero-order valence-corrected chi connectivity index (χ0v) is 13.0. The van der Waals surface area contributed by atoms with Gasteiger partial charge in [0.25, 0.3) is 0 Å². The average molecular weight is 295 g/mol. The largest absolute Gasteiger partial charge is 0.313 e. The van der Waals surface area contributed by atoms with E-state index < -0.39 is 11.6 Å². The normalized spacial score (nSPS) is 18.4. The molecule has 1 aromatic carbocycles. The molecule has 1 saturated carbocycles. The van der Waals surface area contributed by atoms with Crippen LogP contribution in [-0.2, 0) is 6.42 Å². The monoisotopic (exact) mass is 295 g/mol. The van der Waals surface area contributed by atoms with Gasteiger partial charge in [-0.1, -0.05) is 38.7 Å². The molecule has 0 radical (unpaired) electrons. The molecule has 0 spiro atoms. The van der Waals surface area contributed by atoms with Gasteiger partial charge in [-0.05, 0) is 49.8 Å². The van der Waals surface area contributed by atoms with Gasteiger partial charge in [-0.3, -0.25) is 0 Å². The Bertz CT molecular complexity index is 425. The fourth-order valence-electron chi connectivity index (χ4n) is 3.37. The first-order valence-electron chi connectivity index (χ1n) is 8.38. The maximum Gasteiger partial charge on any atom is 0.129 e. The van der Waals surface area contributed by atoms with Crippen molar-refractivity contribution in [3.05, 3.63) is 35.4 Å². The molecule has 1 N–H and O–H groups in total. The molecule has 1 nitrogen and oxygen atoms in total. The summed E-state index contributed by atoms with van der Waals surface area (Å²) in [4.78, 5) is 0. The Hall–Kier alpha value is -0.960. The number of nitrogens with one attached hydrogen (secondary N) is 1. The third kappa shape index (κ3) is 5.06. The van der Waals surface area contributed by atoms with Crippen molar-refractivity contribution in [2.24, 2.45) is 5.92 Å². The minimum Gasteiger partial charge on any atom is -0.313 e. The van der Waals surface area contributed by atoms with Crippen LogP contribution in [0, 0.1) is 17.6 Å². The van der Waals surface area contributed by atoms with Gasteiger partial charge < -0.3 is 5.32 Å². The van der Waals surface area contributed by atoms with Crippen LogP contribution in [-0.4, -0.2) is 12.6 Å². The van der Waals surface area contributed by atoms with E-state index in [0.717, 1.165) is 19.0 Å². The summed E-state index contributed by atoms with van der Waals surface area (Å²) in [5.41, 5.74) is 0.634. The number of halogens is 2. The Labute approximate surface area is 127 Å². The van der Waals surface area contributed by atoms with E-state index in [1.165, 1.54) is 44.6 Å². The van der Waals surface area contributed by atoms with E-state index in [4.69, 9.17) is 0 Å². The predicted octanol–water partition coefficient (Wildman–Crippen LogP) is 4.85. The average Bonchev–Trinajstić information content (AvgIpc) is 2.74. The Morgan fingerprint density at radius 3 is 2.48 bits per heavy atom. The molecule has 0 saturated heterocycles. The second-order valence-corrected chi connectivity index (χ2v) is 6.25. The van der Waals surface area contributed by atoms with E-state index in [0.29, 0.717) is 23.9 Å². The van der Waals surface area contributed by atoms with Gasteiger partial charge in [-0.25, -0.2) is 8.78 Å². The first kappa shape index (κ1) is 16.4. The van der Waals surface area contributed by atoms with Crippen LogP contribution in [0.3, 0.4) is 0 Å². The topological polar surface area (TPSA) is 12.0 Å². The molecule has 0 amide bonds. The maximum atomic E-state index is 13.9. The van der Waals surface area contributed by atoms with Gasteiger partial charge >= 0.3 is 0 Å². The Balaban J connectivity index is 2.07. The zero-order chi connectivity index (χ0) is 15.1. The van der Waals surface area contributed by atoms with Crippen LogP contribution < -0.4 is 5.32 Å². The van der Waals surface area contributed by atoms with Crippen LogP contribution in [0.1, 0.15) is 57.4 Å². The molecule has 0 aliphatic heterocycles. The highest BCUT2D eigenvalue weighted by molar-refractivity contribution is 5.20. The number of rotatable bonds is 6. The molecule has 1 aliphatic rings. The van der Waals surface area contributed by atoms with Gasteiger partial charge in [0.15, 0.2) is 0 Å². The summed E-state index contributed by atoms with van der Waals surface area (Å²) in [7, 11) is 0. The van der Waals surface area contributed by atoms with Crippen LogP contribution in [0.25, 0.3) is 0 Å². The lowest BCUT2D eigenvalue weighted by atomic mass is 9.87. The molecule has 118 valence electrons. The highest BCUT2D eigenvalue weighted by Crippen LogP contribution is 2.27. The second-order valence-electron chi connectivity index (χ2n) is 6.25. The van der Waals surface area contributed by atoms with Crippen molar-refractivity contribution in [3.63, 3.8) is 0 Å². The lowest BCUT2D eigenvalue weighted by molar-refractivity contribution is 0.315. The quantitative estimate of drug-likeness (QED) is 0.740. The minimum atomic E-state index is -0.496. The molecule has 2 rings (SSSR count). The molecule has 1 unspecified atom stereocenters. The fraction of sp³-hybridized carbons (Fsp3) is 0.667. The molecular weight excluding hydrogens is 268 g/mol. The van der Waals surface area contributed by atoms with Crippen molar-refractivity contribution in [2.45, 2.75) is 64.3 Å². The van der Waals surface area contributed by atoms with E-state index in [-0.39, 0.29) is 0 Å². The smallest absolute Gasteiger partial charge is 0.129 e. The summed E-state index contributed by atoms with van der Waals surface area (Å²) in [6.45, 7) is 3.11. The Morgan fingerprint density at radius 2 is 1.86 bits per heavy atom. The van der Waals surface area contributed by atoms with Crippen molar-refractivity contribution >= 4 is 0 Å². The summed E-state index contributed by atoms with van der Waals surface area (Å²) in [6, 6.07) is 4.27. The van der Waals surface area contributed by atoms with Crippen molar-refractivity contribution in [1.29, 1.82) is 0 Å². The van der Waals surface area contributed by atoms with Crippen LogP contribution in [0.2, 0.25) is 0 Å². The minimum absolute atomic E-state index is 0.308. The summed E-state index contributed by atoms with van der Waals surface area (Å²) in [6.07, 6.45) is 9.39. The molecule has 1 atom stereocenters. The lowest BCUT2D eigenvalue weighted by Crippen LogP contribution is -2.38. The SMILES string of the molecule is CCCNC(Cc1ccc(F)cc1F)C1CCCCCC1. The maximum absolute atomic E-state index is 13.9. The number of hydrogen-bond acceptors (Lipinski definition) is 1. The third-order valence-corrected chi connectivity index (χ3v) is 4.58. The predicted molar refractivity (Wildman–Crippen MR) is 83.3 cm³/mol. The first-order chi connectivity index (χ1) is 10.2. The summed E-state index contributed by atoms with van der Waals surface area (Å²) in [5, 5.41) is 3.60. The van der Waals surface area contributed by atoms with Crippen LogP contribution >= 0.6 is 0 Å². The number of hydrogen-bond donors (Lipinski definition) is 1. The molecule has 1 aliphatic carbocycles. The van der Waals surface area contributed by atoms with E-state index in [9.17, 15) is 8.78 Å². The third-order valence-electron chi connectivity index (χ3n) is 4.58. The summed E-state index contributed by atoms with van der Waals surface area (Å²) in [5.74, 6) is -0.292. The van der Waals surface area contributed by atoms with Gasteiger partial charge in [0.1, 0.15) is 11.6 Å². The van der Waals surface area contributed by atoms with Gasteiger partial charge in [-0.15, -0.1) is 0 Å². The highest BCUT2D eigenvalue weighted by Gasteiger charge is 2.23. The van der Waals surface area contributed by atoms with Gasteiger partial charge in [0.2, 0.25) is 0 Å². The van der Waals surface area contributed by atoms with E-state index in [1.54, 1.807) is 6.07 Å². The van der Waals surface area contributed by atoms with E-state index in [2.05, 4.69) is 12.2 Å². The molecule has 0 aromatic heterocycles. The standard InChI is InChI=1S/C18H27F2N/c1-2-11-21-18(14-7-5-3-4-6-8-14)12-15-9-10-16(19)13-17(15)20/h9-10,13-14,18,21H,2-8,11-12H2,1H3.